The van der Waals surface area contributed by atoms with E-state index in [0.717, 1.165) is 0 Å². The SMILES string of the molecule is Cc1ccc(F)c(CCC(=O)C(C)(C)C)c1F. The molecule has 1 aromatic carbocycles. The highest BCUT2D eigenvalue weighted by Gasteiger charge is 2.22. The monoisotopic (exact) mass is 240 g/mol. The van der Waals surface area contributed by atoms with Gasteiger partial charge in [-0.2, -0.15) is 0 Å². The van der Waals surface area contributed by atoms with Crippen molar-refractivity contribution in [2.75, 3.05) is 0 Å². The van der Waals surface area contributed by atoms with Crippen LogP contribution >= 0.6 is 0 Å². The van der Waals surface area contributed by atoms with Crippen LogP contribution < -0.4 is 0 Å². The van der Waals surface area contributed by atoms with Crippen LogP contribution in [0.15, 0.2) is 12.1 Å². The molecule has 0 fully saturated rings. The maximum absolute atomic E-state index is 13.7. The van der Waals surface area contributed by atoms with Gasteiger partial charge in [-0.25, -0.2) is 8.78 Å². The van der Waals surface area contributed by atoms with Crippen molar-refractivity contribution in [3.8, 4) is 0 Å². The Hall–Kier alpha value is -1.25. The number of carbonyl (C=O) groups is 1. The predicted octanol–water partition coefficient (Wildman–Crippen LogP) is 3.82. The van der Waals surface area contributed by atoms with E-state index in [2.05, 4.69) is 0 Å². The van der Waals surface area contributed by atoms with Crippen molar-refractivity contribution in [2.24, 2.45) is 5.41 Å². The normalized spacial score (nSPS) is 11.6. The molecule has 0 aliphatic heterocycles. The fourth-order valence-corrected chi connectivity index (χ4v) is 1.56. The number of hydrogen-bond donors (Lipinski definition) is 0. The average molecular weight is 240 g/mol. The molecule has 94 valence electrons. The highest BCUT2D eigenvalue weighted by Crippen LogP contribution is 2.22. The first kappa shape index (κ1) is 13.8. The number of ketones is 1. The minimum Gasteiger partial charge on any atom is -0.299 e. The first-order valence-corrected chi connectivity index (χ1v) is 5.70. The molecule has 0 aliphatic rings. The van der Waals surface area contributed by atoms with Crippen LogP contribution in [0.3, 0.4) is 0 Å². The minimum absolute atomic E-state index is 0.0119. The molecule has 17 heavy (non-hydrogen) atoms. The zero-order valence-electron chi connectivity index (χ0n) is 10.7. The highest BCUT2D eigenvalue weighted by atomic mass is 19.1. The quantitative estimate of drug-likeness (QED) is 0.785. The zero-order valence-corrected chi connectivity index (χ0v) is 10.7. The number of halogens is 2. The zero-order chi connectivity index (χ0) is 13.2. The third kappa shape index (κ3) is 3.35. The maximum Gasteiger partial charge on any atom is 0.138 e. The van der Waals surface area contributed by atoms with Crippen LogP contribution in [-0.4, -0.2) is 5.78 Å². The first-order chi connectivity index (χ1) is 7.73. The van der Waals surface area contributed by atoms with E-state index in [9.17, 15) is 13.6 Å². The van der Waals surface area contributed by atoms with Crippen LogP contribution in [0, 0.1) is 24.0 Å². The van der Waals surface area contributed by atoms with Crippen molar-refractivity contribution in [1.82, 2.24) is 0 Å². The highest BCUT2D eigenvalue weighted by molar-refractivity contribution is 5.83. The number of rotatable bonds is 3. The molecule has 0 heterocycles. The molecule has 0 unspecified atom stereocenters. The number of aryl methyl sites for hydroxylation is 1. The molecule has 0 spiro atoms. The van der Waals surface area contributed by atoms with E-state index in [1.165, 1.54) is 12.1 Å². The molecule has 0 saturated heterocycles. The summed E-state index contributed by atoms with van der Waals surface area (Å²) < 4.78 is 27.1. The summed E-state index contributed by atoms with van der Waals surface area (Å²) in [6.45, 7) is 7.00. The molecule has 0 aromatic heterocycles. The molecule has 0 atom stereocenters. The lowest BCUT2D eigenvalue weighted by molar-refractivity contribution is -0.126. The van der Waals surface area contributed by atoms with Gasteiger partial charge in [0.05, 0.1) is 0 Å². The second-order valence-corrected chi connectivity index (χ2v) is 5.33. The van der Waals surface area contributed by atoms with Gasteiger partial charge >= 0.3 is 0 Å². The van der Waals surface area contributed by atoms with Gasteiger partial charge in [0.1, 0.15) is 17.4 Å². The molecule has 0 radical (unpaired) electrons. The van der Waals surface area contributed by atoms with Gasteiger partial charge in [-0.05, 0) is 25.0 Å². The lowest BCUT2D eigenvalue weighted by Gasteiger charge is -2.16. The van der Waals surface area contributed by atoms with Crippen molar-refractivity contribution >= 4 is 5.78 Å². The molecule has 0 amide bonds. The Balaban J connectivity index is 2.84. The molecule has 1 nitrogen and oxygen atoms in total. The Bertz CT molecular complexity index is 431. The number of benzene rings is 1. The molecule has 3 heteroatoms. The third-order valence-corrected chi connectivity index (χ3v) is 2.82. The van der Waals surface area contributed by atoms with Crippen LogP contribution in [0.25, 0.3) is 0 Å². The fraction of sp³-hybridized carbons (Fsp3) is 0.500. The van der Waals surface area contributed by atoms with E-state index in [-0.39, 0.29) is 24.2 Å². The van der Waals surface area contributed by atoms with Gasteiger partial charge in [-0.3, -0.25) is 4.79 Å². The summed E-state index contributed by atoms with van der Waals surface area (Å²) in [6.07, 6.45) is 0.288. The molecule has 0 aliphatic carbocycles. The largest absolute Gasteiger partial charge is 0.299 e. The number of Topliss-reactive ketones (excluding diaryl/α,β-unsaturated/α-hetero) is 1. The Kier molecular flexibility index (Phi) is 4.02. The second kappa shape index (κ2) is 4.94. The van der Waals surface area contributed by atoms with Gasteiger partial charge in [0.15, 0.2) is 0 Å². The van der Waals surface area contributed by atoms with E-state index >= 15 is 0 Å². The van der Waals surface area contributed by atoms with Crippen molar-refractivity contribution < 1.29 is 13.6 Å². The van der Waals surface area contributed by atoms with Crippen molar-refractivity contribution in [3.63, 3.8) is 0 Å². The van der Waals surface area contributed by atoms with E-state index < -0.39 is 17.0 Å². The first-order valence-electron chi connectivity index (χ1n) is 5.70. The smallest absolute Gasteiger partial charge is 0.138 e. The molecule has 0 N–H and O–H groups in total. The molecule has 0 bridgehead atoms. The van der Waals surface area contributed by atoms with Gasteiger partial charge < -0.3 is 0 Å². The van der Waals surface area contributed by atoms with Crippen molar-refractivity contribution in [1.29, 1.82) is 0 Å². The summed E-state index contributed by atoms with van der Waals surface area (Å²) in [5.41, 5.74) is -0.0382. The van der Waals surface area contributed by atoms with Crippen LogP contribution in [0.1, 0.15) is 38.3 Å². The molecule has 1 rings (SSSR count). The lowest BCUT2D eigenvalue weighted by atomic mass is 9.87. The molecule has 0 saturated carbocycles. The van der Waals surface area contributed by atoms with Gasteiger partial charge in [-0.1, -0.05) is 26.8 Å². The summed E-state index contributed by atoms with van der Waals surface area (Å²) in [5.74, 6) is -1.10. The van der Waals surface area contributed by atoms with Crippen LogP contribution in [0.5, 0.6) is 0 Å². The molecular formula is C14H18F2O. The Morgan fingerprint density at radius 2 is 1.82 bits per heavy atom. The maximum atomic E-state index is 13.7. The van der Waals surface area contributed by atoms with E-state index in [4.69, 9.17) is 0 Å². The standard InChI is InChI=1S/C14H18F2O/c1-9-5-7-11(15)10(13(9)16)6-8-12(17)14(2,3)4/h5,7H,6,8H2,1-4H3. The van der Waals surface area contributed by atoms with Crippen LogP contribution in [-0.2, 0) is 11.2 Å². The Morgan fingerprint density at radius 1 is 1.24 bits per heavy atom. The minimum atomic E-state index is -0.574. The summed E-state index contributed by atoms with van der Waals surface area (Å²) in [7, 11) is 0. The van der Waals surface area contributed by atoms with Gasteiger partial charge in [0, 0.05) is 17.4 Å². The summed E-state index contributed by atoms with van der Waals surface area (Å²) in [6, 6.07) is 2.65. The fourth-order valence-electron chi connectivity index (χ4n) is 1.56. The molecule has 1 aromatic rings. The Labute approximate surface area is 101 Å². The van der Waals surface area contributed by atoms with E-state index in [1.807, 2.05) is 0 Å². The summed E-state index contributed by atoms with van der Waals surface area (Å²) >= 11 is 0. The van der Waals surface area contributed by atoms with E-state index in [1.54, 1.807) is 27.7 Å². The summed E-state index contributed by atoms with van der Waals surface area (Å²) in [4.78, 5) is 11.7. The topological polar surface area (TPSA) is 17.1 Å². The number of carbonyl (C=O) groups excluding carboxylic acids is 1. The third-order valence-electron chi connectivity index (χ3n) is 2.82. The van der Waals surface area contributed by atoms with Crippen molar-refractivity contribution in [3.05, 3.63) is 34.9 Å². The Morgan fingerprint density at radius 3 is 2.35 bits per heavy atom. The van der Waals surface area contributed by atoms with Crippen molar-refractivity contribution in [2.45, 2.75) is 40.5 Å². The predicted molar refractivity (Wildman–Crippen MR) is 63.9 cm³/mol. The number of hydrogen-bond acceptors (Lipinski definition) is 1. The van der Waals surface area contributed by atoms with Crippen LogP contribution in [0.4, 0.5) is 8.78 Å². The van der Waals surface area contributed by atoms with Crippen LogP contribution in [0.2, 0.25) is 0 Å². The second-order valence-electron chi connectivity index (χ2n) is 5.33. The van der Waals surface area contributed by atoms with Gasteiger partial charge in [0.25, 0.3) is 0 Å². The lowest BCUT2D eigenvalue weighted by Crippen LogP contribution is -2.20. The average Bonchev–Trinajstić information content (AvgIpc) is 2.22. The van der Waals surface area contributed by atoms with Gasteiger partial charge in [-0.15, -0.1) is 0 Å². The summed E-state index contributed by atoms with van der Waals surface area (Å²) in [5, 5.41) is 0. The van der Waals surface area contributed by atoms with Gasteiger partial charge in [0.2, 0.25) is 0 Å². The molecular weight excluding hydrogens is 222 g/mol. The van der Waals surface area contributed by atoms with E-state index in [0.29, 0.717) is 5.56 Å².